The molecule has 1 aromatic carbocycles. The molecule has 16 heavy (non-hydrogen) atoms. The molecule has 1 aromatic rings. The molecule has 0 spiro atoms. The van der Waals surface area contributed by atoms with Gasteiger partial charge in [-0.05, 0) is 24.1 Å². The number of rotatable bonds is 4. The van der Waals surface area contributed by atoms with Crippen molar-refractivity contribution in [1.29, 1.82) is 0 Å². The molecule has 1 atom stereocenters. The van der Waals surface area contributed by atoms with Crippen LogP contribution in [0.2, 0.25) is 0 Å². The predicted octanol–water partition coefficient (Wildman–Crippen LogP) is 2.52. The highest BCUT2D eigenvalue weighted by Gasteiger charge is 2.07. The molecule has 1 rings (SSSR count). The van der Waals surface area contributed by atoms with Crippen molar-refractivity contribution in [2.24, 2.45) is 0 Å². The zero-order valence-electron chi connectivity index (χ0n) is 9.16. The van der Waals surface area contributed by atoms with Gasteiger partial charge in [0.15, 0.2) is 0 Å². The Morgan fingerprint density at radius 3 is 2.62 bits per heavy atom. The highest BCUT2D eigenvalue weighted by molar-refractivity contribution is 9.10. The number of amides is 1. The van der Waals surface area contributed by atoms with E-state index in [-0.39, 0.29) is 11.9 Å². The lowest BCUT2D eigenvalue weighted by atomic mass is 10.1. The van der Waals surface area contributed by atoms with Crippen molar-refractivity contribution in [3.05, 3.63) is 34.3 Å². The van der Waals surface area contributed by atoms with E-state index in [0.717, 1.165) is 16.5 Å². The summed E-state index contributed by atoms with van der Waals surface area (Å²) in [5.74, 6) is 2.50. The summed E-state index contributed by atoms with van der Waals surface area (Å²) >= 11 is 3.35. The average Bonchev–Trinajstić information content (AvgIpc) is 2.29. The first-order chi connectivity index (χ1) is 7.65. The number of nitrogens with one attached hydrogen (secondary N) is 1. The molecule has 0 radical (unpaired) electrons. The van der Waals surface area contributed by atoms with Gasteiger partial charge in [0.05, 0.1) is 12.5 Å². The van der Waals surface area contributed by atoms with E-state index >= 15 is 0 Å². The van der Waals surface area contributed by atoms with Crippen LogP contribution in [0.4, 0.5) is 0 Å². The predicted molar refractivity (Wildman–Crippen MR) is 68.9 cm³/mol. The van der Waals surface area contributed by atoms with Crippen LogP contribution in [0.1, 0.15) is 18.9 Å². The van der Waals surface area contributed by atoms with E-state index in [1.165, 1.54) is 0 Å². The van der Waals surface area contributed by atoms with E-state index in [0.29, 0.717) is 6.42 Å². The fraction of sp³-hybridized carbons (Fsp3) is 0.308. The molecule has 0 aromatic heterocycles. The smallest absolute Gasteiger partial charge is 0.225 e. The van der Waals surface area contributed by atoms with Crippen molar-refractivity contribution in [2.45, 2.75) is 25.8 Å². The minimum atomic E-state index is -0.164. The Morgan fingerprint density at radius 1 is 1.50 bits per heavy atom. The summed E-state index contributed by atoms with van der Waals surface area (Å²) < 4.78 is 1.01. The van der Waals surface area contributed by atoms with Gasteiger partial charge in [-0.15, -0.1) is 6.42 Å². The largest absolute Gasteiger partial charge is 0.342 e. The first-order valence-corrected chi connectivity index (χ1v) is 5.95. The Kier molecular flexibility index (Phi) is 5.07. The van der Waals surface area contributed by atoms with E-state index in [1.807, 2.05) is 31.2 Å². The number of halogens is 1. The SMILES string of the molecule is C#CC(CC)NC(=O)Cc1ccc(Br)cc1. The van der Waals surface area contributed by atoms with Gasteiger partial charge in [0.25, 0.3) is 0 Å². The molecule has 84 valence electrons. The third kappa shape index (κ3) is 4.08. The molecule has 2 nitrogen and oxygen atoms in total. The standard InChI is InChI=1S/C13H14BrNO/c1-3-12(4-2)15-13(16)9-10-5-7-11(14)8-6-10/h1,5-8,12H,4,9H2,2H3,(H,15,16). The molecule has 0 aliphatic rings. The van der Waals surface area contributed by atoms with Crippen LogP contribution in [0.25, 0.3) is 0 Å². The van der Waals surface area contributed by atoms with Crippen LogP contribution in [0.5, 0.6) is 0 Å². The molecule has 0 fully saturated rings. The van der Waals surface area contributed by atoms with Gasteiger partial charge in [0.1, 0.15) is 0 Å². The van der Waals surface area contributed by atoms with E-state index in [4.69, 9.17) is 6.42 Å². The van der Waals surface area contributed by atoms with Crippen molar-refractivity contribution < 1.29 is 4.79 Å². The Morgan fingerprint density at radius 2 is 2.12 bits per heavy atom. The summed E-state index contributed by atoms with van der Waals surface area (Å²) in [6.07, 6.45) is 6.39. The second kappa shape index (κ2) is 6.34. The number of hydrogen-bond acceptors (Lipinski definition) is 1. The molecule has 0 aliphatic carbocycles. The summed E-state index contributed by atoms with van der Waals surface area (Å²) in [4.78, 5) is 11.6. The molecular formula is C13H14BrNO. The molecule has 0 heterocycles. The number of hydrogen-bond donors (Lipinski definition) is 1. The maximum absolute atomic E-state index is 11.6. The lowest BCUT2D eigenvalue weighted by Gasteiger charge is -2.10. The average molecular weight is 280 g/mol. The summed E-state index contributed by atoms with van der Waals surface area (Å²) in [5.41, 5.74) is 0.979. The van der Waals surface area contributed by atoms with Crippen molar-refractivity contribution in [2.75, 3.05) is 0 Å². The van der Waals surface area contributed by atoms with E-state index in [2.05, 4.69) is 27.2 Å². The van der Waals surface area contributed by atoms with Gasteiger partial charge in [-0.25, -0.2) is 0 Å². The Bertz CT molecular complexity index is 391. The Balaban J connectivity index is 2.52. The van der Waals surface area contributed by atoms with Crippen LogP contribution in [0.3, 0.4) is 0 Å². The van der Waals surface area contributed by atoms with Crippen molar-refractivity contribution in [1.82, 2.24) is 5.32 Å². The molecule has 0 saturated heterocycles. The zero-order valence-corrected chi connectivity index (χ0v) is 10.8. The fourth-order valence-electron chi connectivity index (χ4n) is 1.29. The monoisotopic (exact) mass is 279 g/mol. The van der Waals surface area contributed by atoms with Crippen LogP contribution < -0.4 is 5.32 Å². The third-order valence-corrected chi connectivity index (χ3v) is 2.75. The van der Waals surface area contributed by atoms with Gasteiger partial charge < -0.3 is 5.32 Å². The first-order valence-electron chi connectivity index (χ1n) is 5.15. The maximum Gasteiger partial charge on any atom is 0.225 e. The van der Waals surface area contributed by atoms with Crippen LogP contribution in [0.15, 0.2) is 28.7 Å². The minimum Gasteiger partial charge on any atom is -0.342 e. The van der Waals surface area contributed by atoms with Crippen LogP contribution in [-0.4, -0.2) is 11.9 Å². The first kappa shape index (κ1) is 12.8. The number of benzene rings is 1. The summed E-state index contributed by atoms with van der Waals surface area (Å²) in [5, 5.41) is 2.79. The number of carbonyl (C=O) groups is 1. The molecule has 0 aliphatic heterocycles. The topological polar surface area (TPSA) is 29.1 Å². The summed E-state index contributed by atoms with van der Waals surface area (Å²) in [6.45, 7) is 1.95. The second-order valence-electron chi connectivity index (χ2n) is 3.50. The van der Waals surface area contributed by atoms with E-state index < -0.39 is 0 Å². The molecule has 1 unspecified atom stereocenters. The van der Waals surface area contributed by atoms with Crippen molar-refractivity contribution >= 4 is 21.8 Å². The Hall–Kier alpha value is -1.27. The molecule has 0 saturated carbocycles. The van der Waals surface area contributed by atoms with Gasteiger partial charge in [-0.1, -0.05) is 40.9 Å². The normalized spacial score (nSPS) is 11.6. The lowest BCUT2D eigenvalue weighted by Crippen LogP contribution is -2.34. The Labute approximate surface area is 105 Å². The fourth-order valence-corrected chi connectivity index (χ4v) is 1.56. The second-order valence-corrected chi connectivity index (χ2v) is 4.41. The van der Waals surface area contributed by atoms with E-state index in [9.17, 15) is 4.79 Å². The van der Waals surface area contributed by atoms with Crippen LogP contribution in [0, 0.1) is 12.3 Å². The van der Waals surface area contributed by atoms with Crippen molar-refractivity contribution in [3.63, 3.8) is 0 Å². The molecule has 3 heteroatoms. The highest BCUT2D eigenvalue weighted by Crippen LogP contribution is 2.10. The number of carbonyl (C=O) groups excluding carboxylic acids is 1. The van der Waals surface area contributed by atoms with Gasteiger partial charge in [0.2, 0.25) is 5.91 Å². The minimum absolute atomic E-state index is 0.0351. The molecule has 0 bridgehead atoms. The van der Waals surface area contributed by atoms with Gasteiger partial charge in [-0.3, -0.25) is 4.79 Å². The molecule has 1 amide bonds. The van der Waals surface area contributed by atoms with Crippen LogP contribution in [-0.2, 0) is 11.2 Å². The van der Waals surface area contributed by atoms with E-state index in [1.54, 1.807) is 0 Å². The maximum atomic E-state index is 11.6. The molecule has 1 N–H and O–H groups in total. The highest BCUT2D eigenvalue weighted by atomic mass is 79.9. The lowest BCUT2D eigenvalue weighted by molar-refractivity contribution is -0.120. The van der Waals surface area contributed by atoms with Gasteiger partial charge >= 0.3 is 0 Å². The molecular weight excluding hydrogens is 266 g/mol. The summed E-state index contributed by atoms with van der Waals surface area (Å²) in [6, 6.07) is 7.51. The summed E-state index contributed by atoms with van der Waals surface area (Å²) in [7, 11) is 0. The van der Waals surface area contributed by atoms with Gasteiger partial charge in [-0.2, -0.15) is 0 Å². The van der Waals surface area contributed by atoms with Crippen molar-refractivity contribution in [3.8, 4) is 12.3 Å². The number of terminal acetylenes is 1. The zero-order chi connectivity index (χ0) is 12.0. The quantitative estimate of drug-likeness (QED) is 0.844. The van der Waals surface area contributed by atoms with Crippen LogP contribution >= 0.6 is 15.9 Å². The third-order valence-electron chi connectivity index (χ3n) is 2.22. The van der Waals surface area contributed by atoms with Gasteiger partial charge in [0, 0.05) is 4.47 Å².